The largest absolute Gasteiger partial charge is 0.352 e. The third-order valence-corrected chi connectivity index (χ3v) is 4.32. The molecule has 1 fully saturated rings. The number of amides is 1. The van der Waals surface area contributed by atoms with Crippen LogP contribution in [0.25, 0.3) is 0 Å². The zero-order valence-electron chi connectivity index (χ0n) is 11.3. The molecule has 1 atom stereocenters. The second-order valence-electron chi connectivity index (χ2n) is 5.00. The minimum atomic E-state index is -3.69. The van der Waals surface area contributed by atoms with Gasteiger partial charge in [0.1, 0.15) is 11.9 Å². The van der Waals surface area contributed by atoms with Crippen molar-refractivity contribution in [1.29, 1.82) is 0 Å². The Balaban J connectivity index is 2.30. The summed E-state index contributed by atoms with van der Waals surface area (Å²) in [4.78, 5) is 12.0. The van der Waals surface area contributed by atoms with Gasteiger partial charge >= 0.3 is 0 Å². The van der Waals surface area contributed by atoms with Crippen molar-refractivity contribution in [2.24, 2.45) is 0 Å². The average Bonchev–Trinajstić information content (AvgIpc) is 3.11. The van der Waals surface area contributed by atoms with E-state index in [4.69, 9.17) is 0 Å². The number of sulfonamides is 1. The quantitative estimate of drug-likeness (QED) is 0.890. The Kier molecular flexibility index (Phi) is 3.99. The summed E-state index contributed by atoms with van der Waals surface area (Å²) in [5.41, 5.74) is 0.144. The molecule has 0 unspecified atom stereocenters. The van der Waals surface area contributed by atoms with E-state index in [1.165, 1.54) is 25.1 Å². The minimum absolute atomic E-state index is 0.138. The van der Waals surface area contributed by atoms with Gasteiger partial charge in [-0.05, 0) is 38.0 Å². The minimum Gasteiger partial charge on any atom is -0.352 e. The molecule has 0 radical (unpaired) electrons. The monoisotopic (exact) mass is 300 g/mol. The lowest BCUT2D eigenvalue weighted by Crippen LogP contribution is -2.48. The number of rotatable bonds is 5. The van der Waals surface area contributed by atoms with Gasteiger partial charge in [-0.25, -0.2) is 12.8 Å². The zero-order valence-corrected chi connectivity index (χ0v) is 12.2. The molecule has 1 N–H and O–H groups in total. The van der Waals surface area contributed by atoms with Gasteiger partial charge < -0.3 is 5.32 Å². The lowest BCUT2D eigenvalue weighted by molar-refractivity contribution is -0.121. The molecule has 1 aromatic carbocycles. The lowest BCUT2D eigenvalue weighted by Gasteiger charge is -2.28. The van der Waals surface area contributed by atoms with E-state index in [0.717, 1.165) is 29.5 Å². The van der Waals surface area contributed by atoms with Crippen molar-refractivity contribution < 1.29 is 17.6 Å². The number of hydrogen-bond donors (Lipinski definition) is 1. The van der Waals surface area contributed by atoms with Gasteiger partial charge in [0, 0.05) is 6.04 Å². The number of halogens is 1. The van der Waals surface area contributed by atoms with Gasteiger partial charge in [0.2, 0.25) is 15.9 Å². The Hall–Kier alpha value is -1.63. The van der Waals surface area contributed by atoms with Crippen molar-refractivity contribution >= 4 is 21.6 Å². The van der Waals surface area contributed by atoms with E-state index in [1.54, 1.807) is 0 Å². The standard InChI is InChI=1S/C13H17FN2O3S/c1-9(13(17)15-11-6-7-11)16(20(2,18)19)12-5-3-4-10(14)8-12/h3-5,8-9,11H,6-7H2,1-2H3,(H,15,17)/t9-/m1/s1. The molecule has 110 valence electrons. The maximum Gasteiger partial charge on any atom is 0.243 e. The van der Waals surface area contributed by atoms with Crippen LogP contribution in [0, 0.1) is 5.82 Å². The Morgan fingerprint density at radius 3 is 2.60 bits per heavy atom. The Morgan fingerprint density at radius 2 is 2.10 bits per heavy atom. The first-order valence-electron chi connectivity index (χ1n) is 6.34. The molecule has 0 aromatic heterocycles. The van der Waals surface area contributed by atoms with Crippen LogP contribution in [-0.2, 0) is 14.8 Å². The molecule has 1 aliphatic rings. The lowest BCUT2D eigenvalue weighted by atomic mass is 10.2. The number of benzene rings is 1. The molecule has 2 rings (SSSR count). The van der Waals surface area contributed by atoms with Crippen LogP contribution in [0.15, 0.2) is 24.3 Å². The molecule has 20 heavy (non-hydrogen) atoms. The highest BCUT2D eigenvalue weighted by Crippen LogP contribution is 2.23. The van der Waals surface area contributed by atoms with Crippen molar-refractivity contribution in [2.45, 2.75) is 31.8 Å². The number of nitrogens with zero attached hydrogens (tertiary/aromatic N) is 1. The molecule has 0 saturated heterocycles. The molecule has 5 nitrogen and oxygen atoms in total. The summed E-state index contributed by atoms with van der Waals surface area (Å²) in [6, 6.07) is 4.41. The van der Waals surface area contributed by atoms with Crippen LogP contribution in [0.4, 0.5) is 10.1 Å². The molecule has 1 amide bonds. The van der Waals surface area contributed by atoms with Gasteiger partial charge in [0.25, 0.3) is 0 Å². The maximum atomic E-state index is 13.3. The summed E-state index contributed by atoms with van der Waals surface area (Å²) in [5.74, 6) is -0.923. The molecular formula is C13H17FN2O3S. The Morgan fingerprint density at radius 1 is 1.45 bits per heavy atom. The molecule has 0 spiro atoms. The normalized spacial score (nSPS) is 16.6. The zero-order chi connectivity index (χ0) is 14.9. The summed E-state index contributed by atoms with van der Waals surface area (Å²) in [7, 11) is -3.69. The molecule has 1 aliphatic carbocycles. The highest BCUT2D eigenvalue weighted by Gasteiger charge is 2.32. The third-order valence-electron chi connectivity index (χ3n) is 3.07. The van der Waals surface area contributed by atoms with E-state index in [0.29, 0.717) is 0 Å². The summed E-state index contributed by atoms with van der Waals surface area (Å²) in [6.45, 7) is 1.49. The average molecular weight is 300 g/mol. The first-order chi connectivity index (χ1) is 9.29. The van der Waals surface area contributed by atoms with Gasteiger partial charge in [-0.3, -0.25) is 9.10 Å². The molecule has 7 heteroatoms. The summed E-state index contributed by atoms with van der Waals surface area (Å²) < 4.78 is 38.0. The smallest absolute Gasteiger partial charge is 0.243 e. The number of nitrogens with one attached hydrogen (secondary N) is 1. The van der Waals surface area contributed by atoms with Crippen molar-refractivity contribution in [3.8, 4) is 0 Å². The van der Waals surface area contributed by atoms with Gasteiger partial charge in [-0.15, -0.1) is 0 Å². The highest BCUT2D eigenvalue weighted by atomic mass is 32.2. The highest BCUT2D eigenvalue weighted by molar-refractivity contribution is 7.92. The van der Waals surface area contributed by atoms with Crippen LogP contribution in [0.2, 0.25) is 0 Å². The fourth-order valence-electron chi connectivity index (χ4n) is 1.97. The van der Waals surface area contributed by atoms with E-state index >= 15 is 0 Å². The molecule has 0 aliphatic heterocycles. The van der Waals surface area contributed by atoms with Crippen LogP contribution < -0.4 is 9.62 Å². The second-order valence-corrected chi connectivity index (χ2v) is 6.86. The van der Waals surface area contributed by atoms with Crippen molar-refractivity contribution in [3.63, 3.8) is 0 Å². The van der Waals surface area contributed by atoms with E-state index in [9.17, 15) is 17.6 Å². The molecule has 0 heterocycles. The van der Waals surface area contributed by atoms with E-state index in [2.05, 4.69) is 5.32 Å². The van der Waals surface area contributed by atoms with Crippen LogP contribution in [-0.4, -0.2) is 32.7 Å². The summed E-state index contributed by atoms with van der Waals surface area (Å²) in [6.07, 6.45) is 2.83. The van der Waals surface area contributed by atoms with E-state index in [-0.39, 0.29) is 17.6 Å². The Bertz CT molecular complexity index is 614. The van der Waals surface area contributed by atoms with Gasteiger partial charge in [0.05, 0.1) is 11.9 Å². The van der Waals surface area contributed by atoms with E-state index in [1.807, 2.05) is 0 Å². The number of hydrogen-bond acceptors (Lipinski definition) is 3. The van der Waals surface area contributed by atoms with Crippen LogP contribution in [0.1, 0.15) is 19.8 Å². The van der Waals surface area contributed by atoms with E-state index < -0.39 is 21.9 Å². The van der Waals surface area contributed by atoms with Crippen LogP contribution >= 0.6 is 0 Å². The number of anilines is 1. The second kappa shape index (κ2) is 5.40. The van der Waals surface area contributed by atoms with Crippen molar-refractivity contribution in [1.82, 2.24) is 5.32 Å². The topological polar surface area (TPSA) is 66.5 Å². The molecular weight excluding hydrogens is 283 g/mol. The molecule has 1 aromatic rings. The van der Waals surface area contributed by atoms with Crippen molar-refractivity contribution in [3.05, 3.63) is 30.1 Å². The van der Waals surface area contributed by atoms with Crippen LogP contribution in [0.3, 0.4) is 0 Å². The fourth-order valence-corrected chi connectivity index (χ4v) is 3.14. The summed E-state index contributed by atoms with van der Waals surface area (Å²) in [5, 5.41) is 2.75. The fraction of sp³-hybridized carbons (Fsp3) is 0.462. The van der Waals surface area contributed by atoms with Crippen LogP contribution in [0.5, 0.6) is 0 Å². The Labute approximate surface area is 117 Å². The number of carbonyl (C=O) groups excluding carboxylic acids is 1. The van der Waals surface area contributed by atoms with Gasteiger partial charge in [-0.2, -0.15) is 0 Å². The van der Waals surface area contributed by atoms with Gasteiger partial charge in [-0.1, -0.05) is 6.07 Å². The third kappa shape index (κ3) is 3.47. The van der Waals surface area contributed by atoms with Crippen molar-refractivity contribution in [2.75, 3.05) is 10.6 Å². The molecule has 0 bridgehead atoms. The number of carbonyl (C=O) groups is 1. The predicted octanol–water partition coefficient (Wildman–Crippen LogP) is 1.26. The first kappa shape index (κ1) is 14.8. The first-order valence-corrected chi connectivity index (χ1v) is 8.19. The van der Waals surface area contributed by atoms with Gasteiger partial charge in [0.15, 0.2) is 0 Å². The predicted molar refractivity (Wildman–Crippen MR) is 74.3 cm³/mol. The molecule has 1 saturated carbocycles. The maximum absolute atomic E-state index is 13.3. The summed E-state index contributed by atoms with van der Waals surface area (Å²) >= 11 is 0. The SMILES string of the molecule is C[C@H](C(=O)NC1CC1)N(c1cccc(F)c1)S(C)(=O)=O.